The third-order valence-electron chi connectivity index (χ3n) is 3.06. The van der Waals surface area contributed by atoms with Gasteiger partial charge < -0.3 is 5.32 Å². The largest absolute Gasteiger partial charge is 0.370 e. The molecule has 0 unspecified atom stereocenters. The molecule has 17 heavy (non-hydrogen) atoms. The maximum Gasteiger partial charge on any atom is 0.137 e. The SMILES string of the molecule is c1n[nH]c(CCNc2ccc3c(n2)CCC3)n1. The highest BCUT2D eigenvalue weighted by atomic mass is 15.2. The molecule has 5 nitrogen and oxygen atoms in total. The van der Waals surface area contributed by atoms with Gasteiger partial charge in [-0.3, -0.25) is 5.10 Å². The molecule has 0 aliphatic heterocycles. The van der Waals surface area contributed by atoms with E-state index in [-0.39, 0.29) is 0 Å². The number of pyridine rings is 1. The second-order valence-corrected chi connectivity index (χ2v) is 4.26. The van der Waals surface area contributed by atoms with Gasteiger partial charge in [0.25, 0.3) is 0 Å². The van der Waals surface area contributed by atoms with Crippen molar-refractivity contribution in [3.8, 4) is 0 Å². The molecule has 2 heterocycles. The van der Waals surface area contributed by atoms with Gasteiger partial charge in [-0.1, -0.05) is 6.07 Å². The number of aromatic nitrogens is 4. The van der Waals surface area contributed by atoms with Crippen molar-refractivity contribution in [2.24, 2.45) is 0 Å². The number of nitrogens with one attached hydrogen (secondary N) is 2. The Kier molecular flexibility index (Phi) is 2.73. The summed E-state index contributed by atoms with van der Waals surface area (Å²) in [5.41, 5.74) is 2.67. The summed E-state index contributed by atoms with van der Waals surface area (Å²) in [6, 6.07) is 4.25. The van der Waals surface area contributed by atoms with Crippen molar-refractivity contribution in [1.29, 1.82) is 0 Å². The average Bonchev–Trinajstić information content (AvgIpc) is 2.98. The smallest absolute Gasteiger partial charge is 0.137 e. The number of hydrogen-bond acceptors (Lipinski definition) is 4. The third kappa shape index (κ3) is 2.27. The summed E-state index contributed by atoms with van der Waals surface area (Å²) < 4.78 is 0. The first-order chi connectivity index (χ1) is 8.42. The van der Waals surface area contributed by atoms with E-state index in [1.165, 1.54) is 30.4 Å². The summed E-state index contributed by atoms with van der Waals surface area (Å²) in [7, 11) is 0. The zero-order chi connectivity index (χ0) is 11.5. The Bertz CT molecular complexity index is 492. The van der Waals surface area contributed by atoms with Crippen molar-refractivity contribution in [3.05, 3.63) is 35.5 Å². The van der Waals surface area contributed by atoms with Gasteiger partial charge in [0.15, 0.2) is 0 Å². The highest BCUT2D eigenvalue weighted by molar-refractivity contribution is 5.40. The van der Waals surface area contributed by atoms with Crippen molar-refractivity contribution < 1.29 is 0 Å². The monoisotopic (exact) mass is 229 g/mol. The minimum Gasteiger partial charge on any atom is -0.370 e. The number of rotatable bonds is 4. The van der Waals surface area contributed by atoms with Gasteiger partial charge in [-0.2, -0.15) is 5.10 Å². The minimum atomic E-state index is 0.820. The highest BCUT2D eigenvalue weighted by Crippen LogP contribution is 2.21. The molecule has 3 rings (SSSR count). The molecule has 0 saturated carbocycles. The van der Waals surface area contributed by atoms with E-state index in [2.05, 4.69) is 37.6 Å². The summed E-state index contributed by atoms with van der Waals surface area (Å²) in [4.78, 5) is 8.69. The van der Waals surface area contributed by atoms with Crippen molar-refractivity contribution in [2.45, 2.75) is 25.7 Å². The van der Waals surface area contributed by atoms with Gasteiger partial charge in [-0.25, -0.2) is 9.97 Å². The lowest BCUT2D eigenvalue weighted by molar-refractivity contribution is 0.888. The fourth-order valence-corrected chi connectivity index (χ4v) is 2.18. The molecule has 88 valence electrons. The van der Waals surface area contributed by atoms with Crippen LogP contribution in [-0.2, 0) is 19.3 Å². The van der Waals surface area contributed by atoms with Gasteiger partial charge in [0.1, 0.15) is 18.0 Å². The van der Waals surface area contributed by atoms with Crippen LogP contribution in [0.2, 0.25) is 0 Å². The number of aryl methyl sites for hydroxylation is 2. The Morgan fingerprint density at radius 2 is 2.29 bits per heavy atom. The van der Waals surface area contributed by atoms with Crippen LogP contribution in [0.3, 0.4) is 0 Å². The number of fused-ring (bicyclic) bond motifs is 1. The lowest BCUT2D eigenvalue weighted by Gasteiger charge is -2.06. The Hall–Kier alpha value is -1.91. The van der Waals surface area contributed by atoms with Crippen molar-refractivity contribution in [2.75, 3.05) is 11.9 Å². The zero-order valence-electron chi connectivity index (χ0n) is 9.61. The second kappa shape index (κ2) is 4.53. The molecule has 2 N–H and O–H groups in total. The Balaban J connectivity index is 1.58. The van der Waals surface area contributed by atoms with E-state index in [9.17, 15) is 0 Å². The van der Waals surface area contributed by atoms with Crippen LogP contribution in [0.25, 0.3) is 0 Å². The van der Waals surface area contributed by atoms with E-state index in [0.717, 1.165) is 31.0 Å². The molecule has 0 spiro atoms. The van der Waals surface area contributed by atoms with Crippen molar-refractivity contribution in [3.63, 3.8) is 0 Å². The van der Waals surface area contributed by atoms with Gasteiger partial charge in [0.05, 0.1) is 0 Å². The van der Waals surface area contributed by atoms with Gasteiger partial charge in [-0.05, 0) is 30.9 Å². The number of nitrogens with zero attached hydrogens (tertiary/aromatic N) is 3. The maximum absolute atomic E-state index is 4.61. The predicted molar refractivity (Wildman–Crippen MR) is 64.8 cm³/mol. The number of aromatic amines is 1. The van der Waals surface area contributed by atoms with Crippen molar-refractivity contribution >= 4 is 5.82 Å². The number of hydrogen-bond donors (Lipinski definition) is 2. The molecule has 2 aromatic heterocycles. The molecular weight excluding hydrogens is 214 g/mol. The molecule has 0 bridgehead atoms. The first-order valence-electron chi connectivity index (χ1n) is 5.99. The fourth-order valence-electron chi connectivity index (χ4n) is 2.18. The van der Waals surface area contributed by atoms with E-state index in [1.807, 2.05) is 0 Å². The minimum absolute atomic E-state index is 0.820. The van der Waals surface area contributed by atoms with E-state index < -0.39 is 0 Å². The van der Waals surface area contributed by atoms with Gasteiger partial charge in [0.2, 0.25) is 0 Å². The van der Waals surface area contributed by atoms with Crippen LogP contribution in [0.1, 0.15) is 23.5 Å². The summed E-state index contributed by atoms with van der Waals surface area (Å²) in [5.74, 6) is 1.86. The lowest BCUT2D eigenvalue weighted by atomic mass is 10.2. The second-order valence-electron chi connectivity index (χ2n) is 4.26. The topological polar surface area (TPSA) is 66.5 Å². The summed E-state index contributed by atoms with van der Waals surface area (Å²) in [6.45, 7) is 0.820. The van der Waals surface area contributed by atoms with Crippen LogP contribution in [0.5, 0.6) is 0 Å². The Morgan fingerprint density at radius 1 is 1.29 bits per heavy atom. The molecule has 0 radical (unpaired) electrons. The van der Waals surface area contributed by atoms with E-state index in [0.29, 0.717) is 0 Å². The molecular formula is C12H15N5. The van der Waals surface area contributed by atoms with Gasteiger partial charge in [-0.15, -0.1) is 0 Å². The normalized spacial score (nSPS) is 13.6. The van der Waals surface area contributed by atoms with Crippen LogP contribution >= 0.6 is 0 Å². The maximum atomic E-state index is 4.61. The molecule has 1 aliphatic carbocycles. The summed E-state index contributed by atoms with van der Waals surface area (Å²) in [5, 5.41) is 9.97. The highest BCUT2D eigenvalue weighted by Gasteiger charge is 2.12. The molecule has 0 fully saturated rings. The van der Waals surface area contributed by atoms with Gasteiger partial charge >= 0.3 is 0 Å². The van der Waals surface area contributed by atoms with Crippen LogP contribution in [-0.4, -0.2) is 26.7 Å². The third-order valence-corrected chi connectivity index (χ3v) is 3.06. The predicted octanol–water partition coefficient (Wildman–Crippen LogP) is 1.34. The molecule has 0 saturated heterocycles. The van der Waals surface area contributed by atoms with Crippen LogP contribution in [0.4, 0.5) is 5.82 Å². The molecule has 0 atom stereocenters. The van der Waals surface area contributed by atoms with E-state index in [4.69, 9.17) is 0 Å². The van der Waals surface area contributed by atoms with Crippen LogP contribution in [0.15, 0.2) is 18.5 Å². The number of H-pyrrole nitrogens is 1. The van der Waals surface area contributed by atoms with Crippen molar-refractivity contribution in [1.82, 2.24) is 20.2 Å². The summed E-state index contributed by atoms with van der Waals surface area (Å²) in [6.07, 6.45) is 5.90. The quantitative estimate of drug-likeness (QED) is 0.830. The lowest BCUT2D eigenvalue weighted by Crippen LogP contribution is -2.08. The standard InChI is InChI=1S/C12H15N5/c1-2-9-4-5-11(16-10(9)3-1)13-7-6-12-14-8-15-17-12/h4-5,8H,1-3,6-7H2,(H,13,16)(H,14,15,17). The first-order valence-corrected chi connectivity index (χ1v) is 5.99. The van der Waals surface area contributed by atoms with E-state index in [1.54, 1.807) is 0 Å². The fraction of sp³-hybridized carbons (Fsp3) is 0.417. The molecule has 2 aromatic rings. The van der Waals surface area contributed by atoms with Crippen LogP contribution < -0.4 is 5.32 Å². The Labute approximate surface area is 99.7 Å². The molecule has 0 amide bonds. The first kappa shape index (κ1) is 10.3. The average molecular weight is 229 g/mol. The van der Waals surface area contributed by atoms with Gasteiger partial charge in [0, 0.05) is 18.7 Å². The number of anilines is 1. The molecule has 1 aliphatic rings. The Morgan fingerprint density at radius 3 is 3.18 bits per heavy atom. The summed E-state index contributed by atoms with van der Waals surface area (Å²) >= 11 is 0. The zero-order valence-corrected chi connectivity index (χ0v) is 9.61. The molecule has 0 aromatic carbocycles. The van der Waals surface area contributed by atoms with Crippen LogP contribution in [0, 0.1) is 0 Å². The van der Waals surface area contributed by atoms with E-state index >= 15 is 0 Å². The molecule has 5 heteroatoms.